The number of hydrogen-bond donors (Lipinski definition) is 3. The summed E-state index contributed by atoms with van der Waals surface area (Å²) in [6, 6.07) is 8.83. The van der Waals surface area contributed by atoms with Gasteiger partial charge in [0.15, 0.2) is 5.75 Å². The number of benzene rings is 2. The summed E-state index contributed by atoms with van der Waals surface area (Å²) in [7, 11) is -0.211. The second-order valence-electron chi connectivity index (χ2n) is 12.0. The summed E-state index contributed by atoms with van der Waals surface area (Å²) in [5.74, 6) is 0.696. The van der Waals surface area contributed by atoms with Crippen LogP contribution in [0, 0.1) is 6.92 Å². The van der Waals surface area contributed by atoms with Crippen LogP contribution in [0.15, 0.2) is 42.7 Å². The molecule has 1 aliphatic heterocycles. The predicted octanol–water partition coefficient (Wildman–Crippen LogP) is 3.32. The minimum Gasteiger partial charge on any atom is -0.492 e. The molecule has 0 radical (unpaired) electrons. The molecule has 1 aliphatic rings. The molecule has 0 saturated carbocycles. The number of nitrogens with one attached hydrogen (secondary N) is 3. The number of amides is 1. The third kappa shape index (κ3) is 6.55. The maximum atomic E-state index is 13.6. The zero-order valence-corrected chi connectivity index (χ0v) is 26.9. The number of aryl methyl sites for hydroxylation is 1. The number of nitrogens with zero attached hydrogens (tertiary/aromatic N) is 6. The number of imidazole rings is 1. The van der Waals surface area contributed by atoms with Crippen LogP contribution < -0.4 is 25.0 Å². The van der Waals surface area contributed by atoms with Gasteiger partial charge in [-0.15, -0.1) is 5.10 Å². The highest BCUT2D eigenvalue weighted by Crippen LogP contribution is 2.39. The number of carbonyl (C=O) groups excluding carboxylic acids is 1. The molecular formula is C30H39N9O4S. The molecule has 3 heterocycles. The molecule has 5 rings (SSSR count). The first-order valence-corrected chi connectivity index (χ1v) is 16.2. The van der Waals surface area contributed by atoms with Gasteiger partial charge in [-0.2, -0.15) is 0 Å². The summed E-state index contributed by atoms with van der Waals surface area (Å²) in [5.41, 5.74) is 4.53. The van der Waals surface area contributed by atoms with E-state index in [1.165, 1.54) is 7.11 Å². The van der Waals surface area contributed by atoms with Gasteiger partial charge in [-0.05, 0) is 47.7 Å². The fraction of sp³-hybridized carbons (Fsp3) is 0.400. The highest BCUT2D eigenvalue weighted by molar-refractivity contribution is 7.92. The van der Waals surface area contributed by atoms with Crippen molar-refractivity contribution in [3.8, 4) is 22.8 Å². The normalized spacial score (nSPS) is 14.0. The molecule has 0 unspecified atom stereocenters. The van der Waals surface area contributed by atoms with E-state index in [2.05, 4.69) is 35.6 Å². The smallest absolute Gasteiger partial charge is 0.255 e. The summed E-state index contributed by atoms with van der Waals surface area (Å²) in [6.07, 6.45) is 4.69. The standard InChI is InChI=1S/C30H39N9O4S/c1-19-8-9-20(28(40)33-22-15-21(30(2,3)4)16-23(27(22)43-6)35-44(7,41)42)14-25(19)39-18-24(34-36-39)26-17-32-29(37(26)5)38-12-10-31-11-13-38/h8-9,14-18,31,35H,10-13H2,1-7H3,(H,33,40). The van der Waals surface area contributed by atoms with Crippen LogP contribution in [0.25, 0.3) is 17.1 Å². The topological polar surface area (TPSA) is 148 Å². The maximum Gasteiger partial charge on any atom is 0.255 e. The Balaban J connectivity index is 1.44. The lowest BCUT2D eigenvalue weighted by atomic mass is 9.86. The van der Waals surface area contributed by atoms with Crippen LogP contribution in [-0.4, -0.2) is 78.4 Å². The van der Waals surface area contributed by atoms with E-state index in [0.29, 0.717) is 22.6 Å². The first-order chi connectivity index (χ1) is 20.7. The number of methoxy groups -OCH3 is 1. The minimum absolute atomic E-state index is 0.210. The second-order valence-corrected chi connectivity index (χ2v) is 13.7. The average Bonchev–Trinajstić information content (AvgIpc) is 3.59. The zero-order valence-electron chi connectivity index (χ0n) is 26.1. The number of hydrogen-bond acceptors (Lipinski definition) is 9. The summed E-state index contributed by atoms with van der Waals surface area (Å²) in [4.78, 5) is 20.5. The Morgan fingerprint density at radius 1 is 1.09 bits per heavy atom. The average molecular weight is 622 g/mol. The third-order valence-electron chi connectivity index (χ3n) is 7.54. The van der Waals surface area contributed by atoms with Crippen LogP contribution in [0.2, 0.25) is 0 Å². The molecule has 13 nitrogen and oxygen atoms in total. The first-order valence-electron chi connectivity index (χ1n) is 14.3. The monoisotopic (exact) mass is 621 g/mol. The molecule has 14 heteroatoms. The van der Waals surface area contributed by atoms with Crippen molar-refractivity contribution >= 4 is 33.3 Å². The van der Waals surface area contributed by atoms with Gasteiger partial charge >= 0.3 is 0 Å². The Bertz CT molecular complexity index is 1800. The molecule has 4 aromatic rings. The second kappa shape index (κ2) is 11.9. The lowest BCUT2D eigenvalue weighted by Crippen LogP contribution is -2.44. The summed E-state index contributed by atoms with van der Waals surface area (Å²) >= 11 is 0. The molecule has 1 amide bonds. The minimum atomic E-state index is -3.60. The molecule has 2 aromatic carbocycles. The fourth-order valence-corrected chi connectivity index (χ4v) is 5.69. The number of piperazine rings is 1. The van der Waals surface area contributed by atoms with Crippen LogP contribution in [0.3, 0.4) is 0 Å². The van der Waals surface area contributed by atoms with E-state index in [0.717, 1.165) is 55.2 Å². The van der Waals surface area contributed by atoms with E-state index in [1.54, 1.807) is 35.1 Å². The molecule has 0 atom stereocenters. The van der Waals surface area contributed by atoms with Crippen LogP contribution >= 0.6 is 0 Å². The number of aromatic nitrogens is 5. The third-order valence-corrected chi connectivity index (χ3v) is 8.13. The van der Waals surface area contributed by atoms with Gasteiger partial charge in [-0.1, -0.05) is 32.1 Å². The van der Waals surface area contributed by atoms with Crippen molar-refractivity contribution in [3.05, 3.63) is 59.4 Å². The van der Waals surface area contributed by atoms with Gasteiger partial charge < -0.3 is 24.8 Å². The van der Waals surface area contributed by atoms with Crippen LogP contribution in [0.4, 0.5) is 17.3 Å². The molecule has 234 valence electrons. The van der Waals surface area contributed by atoms with Crippen LogP contribution in [-0.2, 0) is 22.5 Å². The van der Waals surface area contributed by atoms with E-state index in [4.69, 9.17) is 4.74 Å². The van der Waals surface area contributed by atoms with E-state index in [9.17, 15) is 13.2 Å². The summed E-state index contributed by atoms with van der Waals surface area (Å²) in [5, 5.41) is 15.1. The van der Waals surface area contributed by atoms with Crippen molar-refractivity contribution < 1.29 is 17.9 Å². The molecule has 3 N–H and O–H groups in total. The Kier molecular flexibility index (Phi) is 8.40. The van der Waals surface area contributed by atoms with Gasteiger partial charge in [0.25, 0.3) is 5.91 Å². The molecular weight excluding hydrogens is 582 g/mol. The lowest BCUT2D eigenvalue weighted by Gasteiger charge is -2.28. The van der Waals surface area contributed by atoms with Gasteiger partial charge in [0.05, 0.1) is 48.5 Å². The van der Waals surface area contributed by atoms with Crippen molar-refractivity contribution in [1.82, 2.24) is 29.9 Å². The van der Waals surface area contributed by atoms with Gasteiger partial charge in [0.2, 0.25) is 16.0 Å². The number of carbonyl (C=O) groups is 1. The van der Waals surface area contributed by atoms with Crippen molar-refractivity contribution in [2.45, 2.75) is 33.1 Å². The predicted molar refractivity (Wildman–Crippen MR) is 171 cm³/mol. The molecule has 0 aliphatic carbocycles. The Labute approximate surface area is 257 Å². The van der Waals surface area contributed by atoms with Crippen molar-refractivity contribution in [3.63, 3.8) is 0 Å². The van der Waals surface area contributed by atoms with E-state index in [1.807, 2.05) is 51.6 Å². The SMILES string of the molecule is COc1c(NC(=O)c2ccc(C)c(-n3cc(-c4cnc(N5CCNCC5)n4C)nn3)c2)cc(C(C)(C)C)cc1NS(C)(=O)=O. The largest absolute Gasteiger partial charge is 0.492 e. The zero-order chi connectivity index (χ0) is 31.8. The van der Waals surface area contributed by atoms with Gasteiger partial charge in [-0.25, -0.2) is 18.1 Å². The Hall–Kier alpha value is -4.43. The Morgan fingerprint density at radius 2 is 1.80 bits per heavy atom. The van der Waals surface area contributed by atoms with E-state index >= 15 is 0 Å². The fourth-order valence-electron chi connectivity index (χ4n) is 5.14. The highest BCUT2D eigenvalue weighted by atomic mass is 32.2. The van der Waals surface area contributed by atoms with Gasteiger partial charge in [-0.3, -0.25) is 9.52 Å². The van der Waals surface area contributed by atoms with Gasteiger partial charge in [0.1, 0.15) is 5.69 Å². The summed E-state index contributed by atoms with van der Waals surface area (Å²) in [6.45, 7) is 11.5. The summed E-state index contributed by atoms with van der Waals surface area (Å²) < 4.78 is 35.9. The van der Waals surface area contributed by atoms with Crippen LogP contribution in [0.1, 0.15) is 42.3 Å². The van der Waals surface area contributed by atoms with Crippen molar-refractivity contribution in [2.75, 3.05) is 54.5 Å². The Morgan fingerprint density at radius 3 is 2.45 bits per heavy atom. The lowest BCUT2D eigenvalue weighted by molar-refractivity contribution is 0.102. The first kappa shape index (κ1) is 31.0. The van der Waals surface area contributed by atoms with Crippen molar-refractivity contribution in [1.29, 1.82) is 0 Å². The molecule has 0 spiro atoms. The number of rotatable bonds is 8. The highest BCUT2D eigenvalue weighted by Gasteiger charge is 2.23. The number of sulfonamides is 1. The van der Waals surface area contributed by atoms with E-state index < -0.39 is 15.9 Å². The molecule has 44 heavy (non-hydrogen) atoms. The molecule has 2 aromatic heterocycles. The van der Waals surface area contributed by atoms with E-state index in [-0.39, 0.29) is 16.9 Å². The van der Waals surface area contributed by atoms with Crippen LogP contribution in [0.5, 0.6) is 5.75 Å². The molecule has 0 bridgehead atoms. The quantitative estimate of drug-likeness (QED) is 0.269. The number of anilines is 3. The number of ether oxygens (including phenoxy) is 1. The maximum absolute atomic E-state index is 13.6. The van der Waals surface area contributed by atoms with Gasteiger partial charge in [0, 0.05) is 38.8 Å². The molecule has 1 fully saturated rings. The van der Waals surface area contributed by atoms with Crippen molar-refractivity contribution in [2.24, 2.45) is 7.05 Å². The molecule has 1 saturated heterocycles.